The van der Waals surface area contributed by atoms with Crippen molar-refractivity contribution >= 4 is 11.6 Å². The zero-order valence-corrected chi connectivity index (χ0v) is 11.7. The van der Waals surface area contributed by atoms with Crippen molar-refractivity contribution < 1.29 is 14.8 Å². The highest BCUT2D eigenvalue weighted by molar-refractivity contribution is 5.83. The maximum atomic E-state index is 11.9. The van der Waals surface area contributed by atoms with Crippen LogP contribution in [0.1, 0.15) is 38.2 Å². The summed E-state index contributed by atoms with van der Waals surface area (Å²) in [6.45, 7) is 3.84. The Morgan fingerprint density at radius 2 is 2.20 bits per heavy atom. The van der Waals surface area contributed by atoms with E-state index in [-0.39, 0.29) is 18.1 Å². The van der Waals surface area contributed by atoms with E-state index in [0.29, 0.717) is 12.0 Å². The Hall–Kier alpha value is -1.95. The van der Waals surface area contributed by atoms with E-state index in [1.807, 2.05) is 6.92 Å². The van der Waals surface area contributed by atoms with Gasteiger partial charge >= 0.3 is 0 Å². The number of aliphatic hydroxyl groups excluding tert-OH is 1. The van der Waals surface area contributed by atoms with Gasteiger partial charge in [-0.05, 0) is 18.9 Å². The van der Waals surface area contributed by atoms with E-state index in [2.05, 4.69) is 5.32 Å². The van der Waals surface area contributed by atoms with Crippen molar-refractivity contribution in [3.05, 3.63) is 39.9 Å². The first-order chi connectivity index (χ1) is 9.45. The van der Waals surface area contributed by atoms with Crippen LogP contribution >= 0.6 is 0 Å². The zero-order chi connectivity index (χ0) is 15.1. The number of non-ortho nitro benzene ring substituents is 1. The monoisotopic (exact) mass is 280 g/mol. The van der Waals surface area contributed by atoms with Crippen LogP contribution in [0, 0.1) is 10.1 Å². The van der Waals surface area contributed by atoms with Gasteiger partial charge in [0.25, 0.3) is 5.69 Å². The predicted octanol–water partition coefficient (Wildman–Crippen LogP) is 1.98. The molecule has 2 atom stereocenters. The molecule has 0 aromatic heterocycles. The van der Waals surface area contributed by atoms with E-state index in [1.165, 1.54) is 12.1 Å². The first-order valence-electron chi connectivity index (χ1n) is 6.65. The molecule has 0 aliphatic heterocycles. The minimum Gasteiger partial charge on any atom is -0.391 e. The molecule has 1 aromatic carbocycles. The van der Waals surface area contributed by atoms with E-state index >= 15 is 0 Å². The van der Waals surface area contributed by atoms with Gasteiger partial charge in [0.2, 0.25) is 5.91 Å². The number of carbonyl (C=O) groups is 1. The third kappa shape index (κ3) is 4.62. The summed E-state index contributed by atoms with van der Waals surface area (Å²) >= 11 is 0. The highest BCUT2D eigenvalue weighted by Gasteiger charge is 2.18. The topological polar surface area (TPSA) is 92.5 Å². The number of nitro benzene ring substituents is 1. The number of nitrogens with zero attached hydrogens (tertiary/aromatic N) is 1. The molecule has 2 unspecified atom stereocenters. The maximum absolute atomic E-state index is 11.9. The standard InChI is InChI=1S/C14H20N2O4/c1-3-5-13(17)9-15-14(18)10(2)11-6-4-7-12(8-11)16(19)20/h4,6-8,10,13,17H,3,5,9H2,1-2H3,(H,15,18). The molecule has 0 radical (unpaired) electrons. The van der Waals surface area contributed by atoms with Crippen LogP contribution in [0.15, 0.2) is 24.3 Å². The van der Waals surface area contributed by atoms with Gasteiger partial charge in [0.15, 0.2) is 0 Å². The fraction of sp³-hybridized carbons (Fsp3) is 0.500. The second kappa shape index (κ2) is 7.59. The van der Waals surface area contributed by atoms with Gasteiger partial charge in [-0.2, -0.15) is 0 Å². The largest absolute Gasteiger partial charge is 0.391 e. The minimum atomic E-state index is -0.554. The van der Waals surface area contributed by atoms with Crippen molar-refractivity contribution in [3.63, 3.8) is 0 Å². The summed E-state index contributed by atoms with van der Waals surface area (Å²) < 4.78 is 0. The molecule has 1 amide bonds. The average Bonchev–Trinajstić information content (AvgIpc) is 2.44. The molecule has 0 heterocycles. The Labute approximate surface area is 118 Å². The normalized spacial score (nSPS) is 13.6. The second-order valence-corrected chi connectivity index (χ2v) is 4.76. The van der Waals surface area contributed by atoms with Gasteiger partial charge in [0, 0.05) is 18.7 Å². The van der Waals surface area contributed by atoms with Crippen molar-refractivity contribution in [1.29, 1.82) is 0 Å². The van der Waals surface area contributed by atoms with Crippen molar-refractivity contribution in [2.75, 3.05) is 6.54 Å². The van der Waals surface area contributed by atoms with Crippen LogP contribution in [0.2, 0.25) is 0 Å². The number of carbonyl (C=O) groups excluding carboxylic acids is 1. The maximum Gasteiger partial charge on any atom is 0.269 e. The van der Waals surface area contributed by atoms with Crippen LogP contribution in [0.4, 0.5) is 5.69 Å². The van der Waals surface area contributed by atoms with E-state index in [4.69, 9.17) is 0 Å². The minimum absolute atomic E-state index is 0.0341. The third-order valence-corrected chi connectivity index (χ3v) is 3.11. The number of aliphatic hydroxyl groups is 1. The predicted molar refractivity (Wildman–Crippen MR) is 75.4 cm³/mol. The summed E-state index contributed by atoms with van der Waals surface area (Å²) in [6.07, 6.45) is 0.921. The van der Waals surface area contributed by atoms with E-state index in [0.717, 1.165) is 6.42 Å². The van der Waals surface area contributed by atoms with Crippen LogP contribution in [0.5, 0.6) is 0 Å². The van der Waals surface area contributed by atoms with Crippen molar-refractivity contribution in [1.82, 2.24) is 5.32 Å². The molecule has 0 saturated carbocycles. The molecular formula is C14H20N2O4. The number of rotatable bonds is 7. The fourth-order valence-corrected chi connectivity index (χ4v) is 1.87. The average molecular weight is 280 g/mol. The molecule has 6 nitrogen and oxygen atoms in total. The van der Waals surface area contributed by atoms with Gasteiger partial charge in [0.05, 0.1) is 16.9 Å². The lowest BCUT2D eigenvalue weighted by Crippen LogP contribution is -2.34. The van der Waals surface area contributed by atoms with Crippen LogP contribution in [0.25, 0.3) is 0 Å². The Bertz CT molecular complexity index is 476. The first-order valence-corrected chi connectivity index (χ1v) is 6.65. The summed E-state index contributed by atoms with van der Waals surface area (Å²) in [4.78, 5) is 22.2. The Morgan fingerprint density at radius 3 is 2.80 bits per heavy atom. The van der Waals surface area contributed by atoms with Crippen LogP contribution in [0.3, 0.4) is 0 Å². The summed E-state index contributed by atoms with van der Waals surface area (Å²) in [6, 6.07) is 6.02. The molecule has 0 bridgehead atoms. The second-order valence-electron chi connectivity index (χ2n) is 4.76. The van der Waals surface area contributed by atoms with Gasteiger partial charge in [-0.3, -0.25) is 14.9 Å². The summed E-state index contributed by atoms with van der Waals surface area (Å²) in [5, 5.41) is 22.9. The van der Waals surface area contributed by atoms with Crippen LogP contribution in [-0.2, 0) is 4.79 Å². The van der Waals surface area contributed by atoms with E-state index in [1.54, 1.807) is 19.1 Å². The number of hydrogen-bond acceptors (Lipinski definition) is 4. The van der Waals surface area contributed by atoms with Crippen LogP contribution < -0.4 is 5.32 Å². The highest BCUT2D eigenvalue weighted by Crippen LogP contribution is 2.20. The lowest BCUT2D eigenvalue weighted by Gasteiger charge is -2.15. The van der Waals surface area contributed by atoms with Crippen molar-refractivity contribution in [2.45, 2.75) is 38.7 Å². The number of hydrogen-bond donors (Lipinski definition) is 2. The lowest BCUT2D eigenvalue weighted by molar-refractivity contribution is -0.384. The molecule has 2 N–H and O–H groups in total. The molecule has 0 aliphatic rings. The molecule has 110 valence electrons. The number of nitro groups is 1. The van der Waals surface area contributed by atoms with Gasteiger partial charge in [-0.25, -0.2) is 0 Å². The molecule has 20 heavy (non-hydrogen) atoms. The Balaban J connectivity index is 2.64. The molecule has 0 spiro atoms. The molecule has 6 heteroatoms. The SMILES string of the molecule is CCCC(O)CNC(=O)C(C)c1cccc([N+](=O)[O-])c1. The van der Waals surface area contributed by atoms with Crippen molar-refractivity contribution in [3.8, 4) is 0 Å². The lowest BCUT2D eigenvalue weighted by atomic mass is 9.99. The van der Waals surface area contributed by atoms with Gasteiger partial charge in [-0.1, -0.05) is 25.5 Å². The first kappa shape index (κ1) is 16.1. The summed E-state index contributed by atoms with van der Waals surface area (Å²) in [5.74, 6) is -0.746. The van der Waals surface area contributed by atoms with Gasteiger partial charge in [-0.15, -0.1) is 0 Å². The highest BCUT2D eigenvalue weighted by atomic mass is 16.6. The molecule has 1 rings (SSSR count). The zero-order valence-electron chi connectivity index (χ0n) is 11.7. The molecule has 0 fully saturated rings. The molecule has 0 aliphatic carbocycles. The van der Waals surface area contributed by atoms with Crippen molar-refractivity contribution in [2.24, 2.45) is 0 Å². The Morgan fingerprint density at radius 1 is 1.50 bits per heavy atom. The number of benzene rings is 1. The van der Waals surface area contributed by atoms with E-state index in [9.17, 15) is 20.0 Å². The summed E-state index contributed by atoms with van der Waals surface area (Å²) in [5.41, 5.74) is 0.551. The number of amides is 1. The Kier molecular flexibility index (Phi) is 6.11. The quantitative estimate of drug-likeness (QED) is 0.590. The van der Waals surface area contributed by atoms with Gasteiger partial charge in [0.1, 0.15) is 0 Å². The van der Waals surface area contributed by atoms with Crippen LogP contribution in [-0.4, -0.2) is 28.6 Å². The van der Waals surface area contributed by atoms with Gasteiger partial charge < -0.3 is 10.4 Å². The van der Waals surface area contributed by atoms with E-state index < -0.39 is 16.9 Å². The fourth-order valence-electron chi connectivity index (χ4n) is 1.87. The summed E-state index contributed by atoms with van der Waals surface area (Å²) in [7, 11) is 0. The third-order valence-electron chi connectivity index (χ3n) is 3.11. The molecule has 1 aromatic rings. The smallest absolute Gasteiger partial charge is 0.269 e. The molecule has 0 saturated heterocycles. The molecular weight excluding hydrogens is 260 g/mol. The number of nitrogens with one attached hydrogen (secondary N) is 1.